The number of thioether (sulfide) groups is 1. The lowest BCUT2D eigenvalue weighted by Crippen LogP contribution is -2.26. The lowest BCUT2D eigenvalue weighted by atomic mass is 9.99. The molecule has 0 bridgehead atoms. The summed E-state index contributed by atoms with van der Waals surface area (Å²) in [6.45, 7) is -2.55. The second-order valence-electron chi connectivity index (χ2n) is 5.55. The minimum Gasteiger partial charge on any atom is -0.457 e. The van der Waals surface area contributed by atoms with Crippen LogP contribution in [0.5, 0.6) is 5.75 Å². The minimum atomic E-state index is -2.59. The number of alkyl halides is 3. The van der Waals surface area contributed by atoms with E-state index < -0.39 is 36.1 Å². The van der Waals surface area contributed by atoms with Crippen LogP contribution in [-0.2, 0) is 6.67 Å². The SMILES string of the molecule is OC1c2c(ccc(OC3=CCC(F)=CC(F)=C3)c2CF)SC1(F)CF. The summed E-state index contributed by atoms with van der Waals surface area (Å²) in [6.07, 6.45) is 0.822. The Morgan fingerprint density at radius 1 is 1.24 bits per heavy atom. The number of aliphatic hydroxyl groups is 1. The molecule has 0 saturated carbocycles. The third kappa shape index (κ3) is 3.32. The quantitative estimate of drug-likeness (QED) is 0.723. The first-order valence-corrected chi connectivity index (χ1v) is 8.14. The topological polar surface area (TPSA) is 29.5 Å². The molecule has 134 valence electrons. The van der Waals surface area contributed by atoms with Crippen molar-refractivity contribution < 1.29 is 31.8 Å². The number of halogens is 5. The van der Waals surface area contributed by atoms with Gasteiger partial charge in [-0.05, 0) is 18.2 Å². The van der Waals surface area contributed by atoms with Gasteiger partial charge in [0.25, 0.3) is 0 Å². The normalized spacial score (nSPS) is 25.7. The molecule has 1 aliphatic carbocycles. The van der Waals surface area contributed by atoms with Crippen LogP contribution in [0.4, 0.5) is 22.0 Å². The number of hydrogen-bond acceptors (Lipinski definition) is 3. The number of allylic oxidation sites excluding steroid dienone is 5. The van der Waals surface area contributed by atoms with Crippen molar-refractivity contribution in [1.29, 1.82) is 0 Å². The van der Waals surface area contributed by atoms with E-state index in [0.717, 1.165) is 6.08 Å². The number of benzene rings is 1. The van der Waals surface area contributed by atoms with Crippen molar-refractivity contribution in [3.63, 3.8) is 0 Å². The molecule has 2 unspecified atom stereocenters. The van der Waals surface area contributed by atoms with Gasteiger partial charge in [0.2, 0.25) is 5.00 Å². The fourth-order valence-electron chi connectivity index (χ4n) is 2.64. The number of rotatable bonds is 4. The van der Waals surface area contributed by atoms with Crippen molar-refractivity contribution in [2.24, 2.45) is 0 Å². The Kier molecular flexibility index (Phi) is 4.92. The Morgan fingerprint density at radius 3 is 2.68 bits per heavy atom. The predicted octanol–water partition coefficient (Wildman–Crippen LogP) is 5.30. The van der Waals surface area contributed by atoms with Gasteiger partial charge in [0.15, 0.2) is 0 Å². The Labute approximate surface area is 144 Å². The van der Waals surface area contributed by atoms with Gasteiger partial charge >= 0.3 is 0 Å². The lowest BCUT2D eigenvalue weighted by molar-refractivity contribution is 0.0411. The van der Waals surface area contributed by atoms with E-state index in [1.54, 1.807) is 0 Å². The van der Waals surface area contributed by atoms with Gasteiger partial charge in [-0.2, -0.15) is 0 Å². The van der Waals surface area contributed by atoms with Crippen LogP contribution < -0.4 is 4.74 Å². The second kappa shape index (κ2) is 6.84. The first kappa shape index (κ1) is 18.0. The van der Waals surface area contributed by atoms with Gasteiger partial charge in [-0.3, -0.25) is 0 Å². The molecule has 0 saturated heterocycles. The van der Waals surface area contributed by atoms with Crippen LogP contribution in [0.15, 0.2) is 52.7 Å². The zero-order chi connectivity index (χ0) is 18.2. The number of ether oxygens (including phenoxy) is 1. The van der Waals surface area contributed by atoms with E-state index in [1.165, 1.54) is 18.2 Å². The van der Waals surface area contributed by atoms with E-state index >= 15 is 0 Å². The average molecular weight is 376 g/mol. The molecule has 1 heterocycles. The Hall–Kier alpha value is -1.80. The fraction of sp³-hybridized carbons (Fsp3) is 0.294. The van der Waals surface area contributed by atoms with Crippen molar-refractivity contribution in [3.8, 4) is 5.75 Å². The molecule has 2 nitrogen and oxygen atoms in total. The highest BCUT2D eigenvalue weighted by molar-refractivity contribution is 8.01. The number of fused-ring (bicyclic) bond motifs is 1. The largest absolute Gasteiger partial charge is 0.457 e. The van der Waals surface area contributed by atoms with Crippen LogP contribution in [0.3, 0.4) is 0 Å². The summed E-state index contributed by atoms with van der Waals surface area (Å²) < 4.78 is 72.9. The third-order valence-electron chi connectivity index (χ3n) is 3.85. The minimum absolute atomic E-state index is 0.0619. The van der Waals surface area contributed by atoms with Crippen LogP contribution in [0.2, 0.25) is 0 Å². The van der Waals surface area contributed by atoms with Crippen molar-refractivity contribution in [1.82, 2.24) is 0 Å². The maximum Gasteiger partial charge on any atom is 0.218 e. The molecule has 8 heteroatoms. The van der Waals surface area contributed by atoms with Crippen LogP contribution in [0.1, 0.15) is 23.7 Å². The summed E-state index contributed by atoms with van der Waals surface area (Å²) in [5, 5.41) is 7.47. The highest BCUT2D eigenvalue weighted by Gasteiger charge is 2.49. The molecule has 0 spiro atoms. The molecule has 0 radical (unpaired) electrons. The van der Waals surface area contributed by atoms with E-state index in [-0.39, 0.29) is 34.0 Å². The van der Waals surface area contributed by atoms with Crippen LogP contribution in [-0.4, -0.2) is 16.8 Å². The zero-order valence-electron chi connectivity index (χ0n) is 12.7. The van der Waals surface area contributed by atoms with Gasteiger partial charge in [0.05, 0.1) is 0 Å². The van der Waals surface area contributed by atoms with Crippen molar-refractivity contribution >= 4 is 11.8 Å². The molecule has 1 aromatic rings. The van der Waals surface area contributed by atoms with Gasteiger partial charge in [-0.25, -0.2) is 22.0 Å². The van der Waals surface area contributed by atoms with E-state index in [4.69, 9.17) is 4.74 Å². The van der Waals surface area contributed by atoms with Gasteiger partial charge in [0, 0.05) is 34.6 Å². The summed E-state index contributed by atoms with van der Waals surface area (Å²) in [6, 6.07) is 2.68. The van der Waals surface area contributed by atoms with Gasteiger partial charge < -0.3 is 9.84 Å². The highest BCUT2D eigenvalue weighted by Crippen LogP contribution is 2.55. The molecule has 0 aromatic heterocycles. The third-order valence-corrected chi connectivity index (χ3v) is 5.10. The Morgan fingerprint density at radius 2 is 2.00 bits per heavy atom. The second-order valence-corrected chi connectivity index (χ2v) is 6.87. The molecule has 0 amide bonds. The highest BCUT2D eigenvalue weighted by atomic mass is 32.2. The molecule has 0 fully saturated rings. The van der Waals surface area contributed by atoms with Gasteiger partial charge in [-0.1, -0.05) is 11.8 Å². The van der Waals surface area contributed by atoms with E-state index in [1.807, 2.05) is 0 Å². The maximum absolute atomic E-state index is 14.3. The summed E-state index contributed by atoms with van der Waals surface area (Å²) in [4.78, 5) is 0.205. The molecular weight excluding hydrogens is 363 g/mol. The smallest absolute Gasteiger partial charge is 0.218 e. The average Bonchev–Trinajstić information content (AvgIpc) is 2.72. The Balaban J connectivity index is 1.97. The summed E-state index contributed by atoms with van der Waals surface area (Å²) in [5.41, 5.74) is -0.244. The molecule has 25 heavy (non-hydrogen) atoms. The molecule has 1 N–H and O–H groups in total. The monoisotopic (exact) mass is 376 g/mol. The standard InChI is InChI=1S/C17H13F5O2S/c18-7-12-13(24-11-2-1-9(20)5-10(21)6-11)3-4-14-15(12)16(23)17(22,8-19)25-14/h2-6,16,23H,1,7-8H2. The van der Waals surface area contributed by atoms with E-state index in [9.17, 15) is 27.1 Å². The molecule has 3 rings (SSSR count). The predicted molar refractivity (Wildman–Crippen MR) is 83.6 cm³/mol. The van der Waals surface area contributed by atoms with Crippen molar-refractivity contribution in [2.75, 3.05) is 6.67 Å². The lowest BCUT2D eigenvalue weighted by Gasteiger charge is -2.20. The molecule has 1 aliphatic heterocycles. The van der Waals surface area contributed by atoms with Crippen molar-refractivity contribution in [2.45, 2.75) is 29.1 Å². The number of hydrogen-bond donors (Lipinski definition) is 1. The number of aliphatic hydroxyl groups excluding tert-OH is 1. The Bertz CT molecular complexity index is 789. The first-order chi connectivity index (χ1) is 11.9. The molecule has 1 aromatic carbocycles. The molecule has 2 aliphatic rings. The fourth-order valence-corrected chi connectivity index (χ4v) is 3.77. The molecular formula is C17H13F5O2S. The summed E-state index contributed by atoms with van der Waals surface area (Å²) in [5.74, 6) is -1.72. The van der Waals surface area contributed by atoms with Crippen LogP contribution in [0, 0.1) is 0 Å². The molecule has 2 atom stereocenters. The van der Waals surface area contributed by atoms with E-state index in [0.29, 0.717) is 17.8 Å². The van der Waals surface area contributed by atoms with Crippen LogP contribution >= 0.6 is 11.8 Å². The summed E-state index contributed by atoms with van der Waals surface area (Å²) >= 11 is 0.477. The van der Waals surface area contributed by atoms with Gasteiger partial charge in [-0.15, -0.1) is 0 Å². The van der Waals surface area contributed by atoms with Crippen molar-refractivity contribution in [3.05, 3.63) is 58.9 Å². The maximum atomic E-state index is 14.3. The van der Waals surface area contributed by atoms with Gasteiger partial charge in [0.1, 0.15) is 42.6 Å². The van der Waals surface area contributed by atoms with E-state index in [2.05, 4.69) is 0 Å². The zero-order valence-corrected chi connectivity index (χ0v) is 13.6. The first-order valence-electron chi connectivity index (χ1n) is 7.33. The van der Waals surface area contributed by atoms with Crippen LogP contribution in [0.25, 0.3) is 0 Å². The summed E-state index contributed by atoms with van der Waals surface area (Å²) in [7, 11) is 0.